The lowest BCUT2D eigenvalue weighted by Gasteiger charge is -2.35. The summed E-state index contributed by atoms with van der Waals surface area (Å²) in [5, 5.41) is 0. The normalized spacial score (nSPS) is 19.4. The number of anilines is 3. The Hall–Kier alpha value is -2.58. The van der Waals surface area contributed by atoms with Crippen LogP contribution in [0.3, 0.4) is 0 Å². The highest BCUT2D eigenvalue weighted by Gasteiger charge is 2.36. The van der Waals surface area contributed by atoms with Crippen LogP contribution in [0.2, 0.25) is 0 Å². The minimum absolute atomic E-state index is 0.155. The van der Waals surface area contributed by atoms with E-state index in [0.717, 1.165) is 56.0 Å². The summed E-state index contributed by atoms with van der Waals surface area (Å²) in [4.78, 5) is 19.0. The fraction of sp³-hybridized carbons (Fsp3) is 0.435. The molecule has 2 heterocycles. The first-order valence-corrected chi connectivity index (χ1v) is 12.4. The second-order valence-electron chi connectivity index (χ2n) is 8.72. The van der Waals surface area contributed by atoms with Gasteiger partial charge in [0, 0.05) is 44.3 Å². The van der Waals surface area contributed by atoms with Crippen molar-refractivity contribution in [2.75, 3.05) is 54.3 Å². The molecule has 1 N–H and O–H groups in total. The molecule has 3 aliphatic rings. The number of amides is 1. The van der Waals surface area contributed by atoms with Gasteiger partial charge in [-0.25, -0.2) is 8.42 Å². The van der Waals surface area contributed by atoms with Gasteiger partial charge in [0.1, 0.15) is 0 Å². The highest BCUT2D eigenvalue weighted by molar-refractivity contribution is 7.92. The van der Waals surface area contributed by atoms with Crippen molar-refractivity contribution in [3.63, 3.8) is 0 Å². The van der Waals surface area contributed by atoms with Crippen LogP contribution in [0.1, 0.15) is 18.4 Å². The van der Waals surface area contributed by atoms with Gasteiger partial charge in [-0.15, -0.1) is 0 Å². The number of rotatable bonds is 5. The molecule has 31 heavy (non-hydrogen) atoms. The number of carbonyl (C=O) groups is 1. The maximum atomic E-state index is 13.2. The van der Waals surface area contributed by atoms with Gasteiger partial charge in [-0.1, -0.05) is 12.1 Å². The van der Waals surface area contributed by atoms with E-state index in [-0.39, 0.29) is 16.7 Å². The van der Waals surface area contributed by atoms with Gasteiger partial charge in [0.05, 0.1) is 16.3 Å². The number of para-hydroxylation sites is 2. The molecule has 7 nitrogen and oxygen atoms in total. The van der Waals surface area contributed by atoms with Gasteiger partial charge in [0.2, 0.25) is 5.91 Å². The van der Waals surface area contributed by atoms with Crippen LogP contribution in [0.25, 0.3) is 0 Å². The number of likely N-dealkylation sites (N-methyl/N-ethyl adjacent to an activating group) is 1. The van der Waals surface area contributed by atoms with E-state index < -0.39 is 10.0 Å². The average Bonchev–Trinajstić information content (AvgIpc) is 3.53. The second kappa shape index (κ2) is 7.84. The summed E-state index contributed by atoms with van der Waals surface area (Å²) in [6.07, 6.45) is 2.62. The number of carbonyl (C=O) groups excluding carboxylic acids is 1. The lowest BCUT2D eigenvalue weighted by atomic mass is 10.2. The predicted molar refractivity (Wildman–Crippen MR) is 122 cm³/mol. The quantitative estimate of drug-likeness (QED) is 0.774. The summed E-state index contributed by atoms with van der Waals surface area (Å²) in [7, 11) is -1.64. The molecule has 0 spiro atoms. The van der Waals surface area contributed by atoms with Crippen molar-refractivity contribution in [1.29, 1.82) is 0 Å². The summed E-state index contributed by atoms with van der Waals surface area (Å²) in [6.45, 7) is 4.25. The molecule has 5 rings (SSSR count). The molecule has 2 fully saturated rings. The number of fused-ring (bicyclic) bond motifs is 1. The molecule has 1 amide bonds. The Morgan fingerprint density at radius 1 is 0.968 bits per heavy atom. The van der Waals surface area contributed by atoms with E-state index in [1.807, 2.05) is 29.2 Å². The number of hydrogen-bond acceptors (Lipinski definition) is 5. The minimum Gasteiger partial charge on any atom is -0.367 e. The monoisotopic (exact) mass is 440 g/mol. The first-order valence-electron chi connectivity index (χ1n) is 10.9. The van der Waals surface area contributed by atoms with Crippen LogP contribution < -0.4 is 14.5 Å². The molecule has 1 saturated heterocycles. The van der Waals surface area contributed by atoms with E-state index in [0.29, 0.717) is 18.7 Å². The van der Waals surface area contributed by atoms with Crippen LogP contribution in [-0.4, -0.2) is 59.0 Å². The van der Waals surface area contributed by atoms with Crippen LogP contribution in [0.5, 0.6) is 0 Å². The van der Waals surface area contributed by atoms with E-state index in [1.54, 1.807) is 18.2 Å². The molecule has 0 atom stereocenters. The zero-order valence-electron chi connectivity index (χ0n) is 17.8. The lowest BCUT2D eigenvalue weighted by Crippen LogP contribution is -2.44. The SMILES string of the molecule is CN1CCN(c2ccccc2NS(=O)(=O)c2ccc3c(c2)CCN3C(=O)C2CC2)CC1. The molecule has 2 aromatic carbocycles. The second-order valence-corrected chi connectivity index (χ2v) is 10.4. The third-order valence-corrected chi connectivity index (χ3v) is 7.80. The van der Waals surface area contributed by atoms with Gasteiger partial charge < -0.3 is 14.7 Å². The van der Waals surface area contributed by atoms with Crippen molar-refractivity contribution in [3.8, 4) is 0 Å². The van der Waals surface area contributed by atoms with Gasteiger partial charge in [-0.05, 0) is 62.2 Å². The lowest BCUT2D eigenvalue weighted by molar-refractivity contribution is -0.119. The van der Waals surface area contributed by atoms with Crippen molar-refractivity contribution in [2.24, 2.45) is 5.92 Å². The Kier molecular flexibility index (Phi) is 5.14. The maximum absolute atomic E-state index is 13.2. The van der Waals surface area contributed by atoms with Crippen molar-refractivity contribution >= 4 is 33.0 Å². The van der Waals surface area contributed by atoms with Gasteiger partial charge in [-0.3, -0.25) is 9.52 Å². The Morgan fingerprint density at radius 3 is 2.45 bits per heavy atom. The Morgan fingerprint density at radius 2 is 1.71 bits per heavy atom. The molecular formula is C23H28N4O3S. The highest BCUT2D eigenvalue weighted by Crippen LogP contribution is 2.37. The first-order chi connectivity index (χ1) is 14.9. The number of benzene rings is 2. The van der Waals surface area contributed by atoms with Crippen LogP contribution >= 0.6 is 0 Å². The maximum Gasteiger partial charge on any atom is 0.261 e. The van der Waals surface area contributed by atoms with Crippen LogP contribution in [-0.2, 0) is 21.2 Å². The van der Waals surface area contributed by atoms with Crippen molar-refractivity contribution in [1.82, 2.24) is 4.90 Å². The number of nitrogens with one attached hydrogen (secondary N) is 1. The highest BCUT2D eigenvalue weighted by atomic mass is 32.2. The van der Waals surface area contributed by atoms with E-state index in [2.05, 4.69) is 21.6 Å². The van der Waals surface area contributed by atoms with Crippen molar-refractivity contribution in [3.05, 3.63) is 48.0 Å². The molecule has 0 bridgehead atoms. The Bertz CT molecular complexity index is 1110. The average molecular weight is 441 g/mol. The molecule has 164 valence electrons. The largest absolute Gasteiger partial charge is 0.367 e. The smallest absolute Gasteiger partial charge is 0.261 e. The summed E-state index contributed by atoms with van der Waals surface area (Å²) >= 11 is 0. The summed E-state index contributed by atoms with van der Waals surface area (Å²) in [6, 6.07) is 12.7. The summed E-state index contributed by atoms with van der Waals surface area (Å²) in [5.41, 5.74) is 3.28. The standard InChI is InChI=1S/C23H28N4O3S/c1-25-12-14-26(15-13-25)22-5-3-2-4-20(22)24-31(29,30)19-8-9-21-18(16-19)10-11-27(21)23(28)17-6-7-17/h2-5,8-9,16-17,24H,6-7,10-15H2,1H3. The minimum atomic E-state index is -3.74. The van der Waals surface area contributed by atoms with Crippen molar-refractivity contribution in [2.45, 2.75) is 24.2 Å². The number of piperazine rings is 1. The molecule has 1 saturated carbocycles. The van der Waals surface area contributed by atoms with E-state index in [4.69, 9.17) is 0 Å². The Balaban J connectivity index is 1.38. The zero-order chi connectivity index (χ0) is 21.6. The van der Waals surface area contributed by atoms with Gasteiger partial charge in [0.25, 0.3) is 10.0 Å². The molecule has 2 aromatic rings. The fourth-order valence-corrected chi connectivity index (χ4v) is 5.54. The predicted octanol–water partition coefficient (Wildman–Crippen LogP) is 2.54. The molecule has 0 unspecified atom stereocenters. The van der Waals surface area contributed by atoms with Crippen LogP contribution in [0.15, 0.2) is 47.4 Å². The molecule has 8 heteroatoms. The van der Waals surface area contributed by atoms with Gasteiger partial charge in [0.15, 0.2) is 0 Å². The number of hydrogen-bond donors (Lipinski definition) is 1. The molecule has 2 aliphatic heterocycles. The van der Waals surface area contributed by atoms with Gasteiger partial charge >= 0.3 is 0 Å². The molecule has 0 aromatic heterocycles. The number of sulfonamides is 1. The third-order valence-electron chi connectivity index (χ3n) is 6.44. The molecule has 0 radical (unpaired) electrons. The summed E-state index contributed by atoms with van der Waals surface area (Å²) in [5.74, 6) is 0.329. The third kappa shape index (κ3) is 4.02. The van der Waals surface area contributed by atoms with Crippen LogP contribution in [0.4, 0.5) is 17.1 Å². The Labute approximate surface area is 183 Å². The first kappa shape index (κ1) is 20.3. The van der Waals surface area contributed by atoms with Crippen molar-refractivity contribution < 1.29 is 13.2 Å². The number of nitrogens with zero attached hydrogens (tertiary/aromatic N) is 3. The fourth-order valence-electron chi connectivity index (χ4n) is 4.41. The molecule has 1 aliphatic carbocycles. The van der Waals surface area contributed by atoms with Crippen LogP contribution in [0, 0.1) is 5.92 Å². The van der Waals surface area contributed by atoms with Gasteiger partial charge in [-0.2, -0.15) is 0 Å². The molecular weight excluding hydrogens is 412 g/mol. The zero-order valence-corrected chi connectivity index (χ0v) is 18.6. The topological polar surface area (TPSA) is 73.0 Å². The van der Waals surface area contributed by atoms with E-state index >= 15 is 0 Å². The summed E-state index contributed by atoms with van der Waals surface area (Å²) < 4.78 is 29.2. The van der Waals surface area contributed by atoms with E-state index in [1.165, 1.54) is 0 Å². The van der Waals surface area contributed by atoms with E-state index in [9.17, 15) is 13.2 Å².